The molecule has 2 radical (unpaired) electrons. The van der Waals surface area contributed by atoms with Crippen LogP contribution in [0.25, 0.3) is 43.8 Å². The van der Waals surface area contributed by atoms with Crippen molar-refractivity contribution in [2.75, 3.05) is 0 Å². The number of rotatable bonds is 6. The molecule has 6 aromatic carbocycles. The minimum absolute atomic E-state index is 0.522. The molecular weight excluding hydrogens is 767 g/mol. The molecule has 6 aromatic rings. The van der Waals surface area contributed by atoms with Crippen molar-refractivity contribution in [3.8, 4) is 22.3 Å². The summed E-state index contributed by atoms with van der Waals surface area (Å²) in [5, 5.41) is 5.60. The van der Waals surface area contributed by atoms with Crippen LogP contribution < -0.4 is 0 Å². The molecule has 0 bridgehead atoms. The molecule has 2 aliphatic carbocycles. The normalized spacial score (nSPS) is 15.5. The molecule has 2 fully saturated rings. The second-order valence-corrected chi connectivity index (χ2v) is 20.8. The fourth-order valence-electron chi connectivity index (χ4n) is 8.56. The molecule has 8 rings (SSSR count). The third-order valence-electron chi connectivity index (χ3n) is 11.2. The van der Waals surface area contributed by atoms with Crippen molar-refractivity contribution in [1.29, 1.82) is 0 Å². The van der Waals surface area contributed by atoms with Gasteiger partial charge in [-0.1, -0.05) is 136 Å². The van der Waals surface area contributed by atoms with Gasteiger partial charge in [-0.15, -0.1) is 69.1 Å². The van der Waals surface area contributed by atoms with Crippen LogP contribution >= 0.6 is 17.0 Å². The summed E-state index contributed by atoms with van der Waals surface area (Å²) in [7, 11) is 11.0. The Hall–Kier alpha value is -2.22. The van der Waals surface area contributed by atoms with Gasteiger partial charge in [-0.3, -0.25) is 0 Å². The summed E-state index contributed by atoms with van der Waals surface area (Å²) in [6.07, 6.45) is 13.6. The molecule has 2 saturated carbocycles. The topological polar surface area (TPSA) is 0 Å². The van der Waals surface area contributed by atoms with E-state index in [4.69, 9.17) is 17.0 Å². The van der Waals surface area contributed by atoms with E-state index in [0.717, 1.165) is 9.52 Å². The quantitative estimate of drug-likeness (QED) is 0.116. The summed E-state index contributed by atoms with van der Waals surface area (Å²) in [6.45, 7) is 13.5. The van der Waals surface area contributed by atoms with E-state index in [1.165, 1.54) is 130 Å². The van der Waals surface area contributed by atoms with Crippen LogP contribution in [0.3, 0.4) is 0 Å². The van der Waals surface area contributed by atoms with Crippen LogP contribution in [0.15, 0.2) is 109 Å². The second-order valence-electron chi connectivity index (χ2n) is 16.0. The molecule has 0 amide bonds. The predicted molar refractivity (Wildman–Crippen MR) is 229 cm³/mol. The molecule has 270 valence electrons. The number of aryl methyl sites for hydroxylation is 2. The average Bonchev–Trinajstić information content (AvgIpc) is 3.93. The van der Waals surface area contributed by atoms with Gasteiger partial charge in [0.2, 0.25) is 0 Å². The van der Waals surface area contributed by atoms with Gasteiger partial charge in [0.15, 0.2) is 0 Å². The zero-order valence-corrected chi connectivity index (χ0v) is 37.2. The fourth-order valence-corrected chi connectivity index (χ4v) is 8.56. The van der Waals surface area contributed by atoms with E-state index in [-0.39, 0.29) is 0 Å². The first-order valence-electron chi connectivity index (χ1n) is 19.1. The Balaban J connectivity index is 0.000000175. The summed E-state index contributed by atoms with van der Waals surface area (Å²) in [5.74, 6) is 0. The Labute approximate surface area is 335 Å². The van der Waals surface area contributed by atoms with Crippen LogP contribution in [0.1, 0.15) is 87.5 Å². The van der Waals surface area contributed by atoms with E-state index in [1.807, 2.05) is 0 Å². The first-order chi connectivity index (χ1) is 25.1. The SMILES string of the molecule is C[Si]C.Cc1ccc(-c2cccc3[cH-]c(CC4(C)CCCC4)cc23)cc1.Cc1ccc(-c2cccc3[cH-]c(CC4(C)CCCC4)cc23)cc1.[Cl][Zr+2][Cl]. The van der Waals surface area contributed by atoms with Gasteiger partial charge < -0.3 is 0 Å². The molecule has 52 heavy (non-hydrogen) atoms. The van der Waals surface area contributed by atoms with Gasteiger partial charge in [0.05, 0.1) is 0 Å². The molecule has 0 aliphatic heterocycles. The second kappa shape index (κ2) is 19.4. The van der Waals surface area contributed by atoms with E-state index in [0.29, 0.717) is 10.8 Å². The van der Waals surface area contributed by atoms with Crippen LogP contribution in [0.4, 0.5) is 0 Å². The van der Waals surface area contributed by atoms with Crippen LogP contribution in [0, 0.1) is 24.7 Å². The predicted octanol–water partition coefficient (Wildman–Crippen LogP) is 15.5. The number of hydrogen-bond acceptors (Lipinski definition) is 0. The summed E-state index contributed by atoms with van der Waals surface area (Å²) >= 11 is -0.826. The van der Waals surface area contributed by atoms with Crippen LogP contribution in [0.2, 0.25) is 13.1 Å². The molecular formula is C48H56Cl2SiZr. The van der Waals surface area contributed by atoms with Gasteiger partial charge in [0, 0.05) is 9.52 Å². The Kier molecular flexibility index (Phi) is 15.3. The monoisotopic (exact) mass is 820 g/mol. The van der Waals surface area contributed by atoms with E-state index in [2.05, 4.69) is 150 Å². The Morgan fingerprint density at radius 3 is 1.23 bits per heavy atom. The fraction of sp³-hybridized carbons (Fsp3) is 0.375. The maximum absolute atomic E-state index is 4.93. The van der Waals surface area contributed by atoms with E-state index >= 15 is 0 Å². The van der Waals surface area contributed by atoms with E-state index < -0.39 is 20.8 Å². The van der Waals surface area contributed by atoms with Crippen molar-refractivity contribution in [1.82, 2.24) is 0 Å². The van der Waals surface area contributed by atoms with Gasteiger partial charge in [-0.05, 0) is 74.3 Å². The van der Waals surface area contributed by atoms with Gasteiger partial charge in [0.1, 0.15) is 0 Å². The number of halogens is 2. The molecule has 0 saturated heterocycles. The molecule has 0 atom stereocenters. The standard InChI is InChI=1S/2C23H25.C2H6Si.2ClH.Zr/c2*1-17-8-10-19(11-9-17)21-7-5-6-20-14-18(15-22(20)21)16-23(2)12-3-4-13-23;1-3-2;;;/h2*5-11,14-15H,3-4,12-13,16H2,1-2H3;1-2H3;2*1H;/q2*-1;;;;+4/p-2. The first-order valence-corrected chi connectivity index (χ1v) is 27.5. The number of fused-ring (bicyclic) bond motifs is 2. The maximum atomic E-state index is 4.93. The van der Waals surface area contributed by atoms with E-state index in [1.54, 1.807) is 0 Å². The van der Waals surface area contributed by atoms with Crippen LogP contribution in [-0.4, -0.2) is 9.52 Å². The minimum atomic E-state index is -0.826. The molecule has 0 N–H and O–H groups in total. The zero-order valence-electron chi connectivity index (χ0n) is 32.2. The zero-order chi connectivity index (χ0) is 37.1. The number of benzene rings is 4. The van der Waals surface area contributed by atoms with Crippen molar-refractivity contribution in [3.63, 3.8) is 0 Å². The Morgan fingerprint density at radius 1 is 0.577 bits per heavy atom. The van der Waals surface area contributed by atoms with Crippen LogP contribution in [-0.2, 0) is 33.7 Å². The number of hydrogen-bond donors (Lipinski definition) is 0. The van der Waals surface area contributed by atoms with Crippen molar-refractivity contribution in [2.45, 2.75) is 105 Å². The average molecular weight is 823 g/mol. The third-order valence-corrected chi connectivity index (χ3v) is 11.2. The first kappa shape index (κ1) is 41.0. The van der Waals surface area contributed by atoms with Gasteiger partial charge in [-0.2, -0.15) is 12.1 Å². The van der Waals surface area contributed by atoms with Gasteiger partial charge in [-0.25, -0.2) is 0 Å². The van der Waals surface area contributed by atoms with Crippen molar-refractivity contribution < 1.29 is 20.8 Å². The Bertz CT molecular complexity index is 1820. The third kappa shape index (κ3) is 10.9. The van der Waals surface area contributed by atoms with E-state index in [9.17, 15) is 0 Å². The molecule has 0 aromatic heterocycles. The molecule has 0 heterocycles. The Morgan fingerprint density at radius 2 is 0.904 bits per heavy atom. The van der Waals surface area contributed by atoms with Gasteiger partial charge >= 0.3 is 37.9 Å². The van der Waals surface area contributed by atoms with Crippen LogP contribution in [0.5, 0.6) is 0 Å². The van der Waals surface area contributed by atoms with Gasteiger partial charge in [0.25, 0.3) is 0 Å². The molecule has 0 unspecified atom stereocenters. The molecule has 0 spiro atoms. The molecule has 0 nitrogen and oxygen atoms in total. The summed E-state index contributed by atoms with van der Waals surface area (Å²) in [5.41, 5.74) is 12.1. The van der Waals surface area contributed by atoms with Crippen molar-refractivity contribution >= 4 is 48.1 Å². The summed E-state index contributed by atoms with van der Waals surface area (Å²) < 4.78 is 0. The van der Waals surface area contributed by atoms with Crippen molar-refractivity contribution in [2.24, 2.45) is 10.8 Å². The summed E-state index contributed by atoms with van der Waals surface area (Å²) in [6, 6.07) is 40.9. The van der Waals surface area contributed by atoms with Crippen molar-refractivity contribution in [3.05, 3.63) is 131 Å². The molecule has 2 aliphatic rings. The molecule has 4 heteroatoms. The summed E-state index contributed by atoms with van der Waals surface area (Å²) in [4.78, 5) is 0.